The number of halogens is 3. The predicted molar refractivity (Wildman–Crippen MR) is 92.0 cm³/mol. The van der Waals surface area contributed by atoms with E-state index >= 15 is 0 Å². The fourth-order valence-electron chi connectivity index (χ4n) is 3.12. The molecule has 0 fully saturated rings. The van der Waals surface area contributed by atoms with E-state index in [1.54, 1.807) is 18.5 Å². The number of nitrogens with one attached hydrogen (secondary N) is 1. The second kappa shape index (κ2) is 7.36. The lowest BCUT2D eigenvalue weighted by atomic mass is 10.1. The molecule has 0 bridgehead atoms. The lowest BCUT2D eigenvalue weighted by Crippen LogP contribution is -2.33. The lowest BCUT2D eigenvalue weighted by molar-refractivity contribution is 0.204. The van der Waals surface area contributed by atoms with Crippen molar-refractivity contribution in [1.29, 1.82) is 0 Å². The first-order chi connectivity index (χ1) is 13.1. The molecule has 0 atom stereocenters. The van der Waals surface area contributed by atoms with Crippen molar-refractivity contribution in [2.45, 2.75) is 26.2 Å². The highest BCUT2D eigenvalue weighted by molar-refractivity contribution is 5.25. The highest BCUT2D eigenvalue weighted by Gasteiger charge is 2.20. The smallest absolute Gasteiger partial charge is 0.222 e. The van der Waals surface area contributed by atoms with Gasteiger partial charge in [-0.05, 0) is 29.8 Å². The van der Waals surface area contributed by atoms with E-state index in [1.807, 2.05) is 15.6 Å². The Morgan fingerprint density at radius 2 is 1.74 bits per heavy atom. The molecule has 0 spiro atoms. The normalized spacial score (nSPS) is 14.2. The minimum absolute atomic E-state index is 0.338. The minimum atomic E-state index is -1.44. The van der Waals surface area contributed by atoms with Crippen LogP contribution in [0.2, 0.25) is 0 Å². The number of anilines is 1. The molecule has 27 heavy (non-hydrogen) atoms. The van der Waals surface area contributed by atoms with Crippen LogP contribution < -0.4 is 5.32 Å². The van der Waals surface area contributed by atoms with Gasteiger partial charge in [-0.15, -0.1) is 0 Å². The molecule has 4 rings (SSSR count). The Balaban J connectivity index is 1.40. The summed E-state index contributed by atoms with van der Waals surface area (Å²) in [4.78, 5) is 10.2. The summed E-state index contributed by atoms with van der Waals surface area (Å²) in [5.41, 5.74) is 2.27. The lowest BCUT2D eigenvalue weighted by Gasteiger charge is -2.27. The first kappa shape index (κ1) is 17.5. The molecule has 1 aliphatic rings. The molecule has 9 heteroatoms. The van der Waals surface area contributed by atoms with Crippen LogP contribution in [0.25, 0.3) is 0 Å². The van der Waals surface area contributed by atoms with Crippen LogP contribution >= 0.6 is 0 Å². The summed E-state index contributed by atoms with van der Waals surface area (Å²) in [5.74, 6) is -3.23. The van der Waals surface area contributed by atoms with Gasteiger partial charge in [0.2, 0.25) is 5.95 Å². The van der Waals surface area contributed by atoms with Crippen molar-refractivity contribution in [2.24, 2.45) is 0 Å². The number of benzene rings is 1. The quantitative estimate of drug-likeness (QED) is 0.696. The summed E-state index contributed by atoms with van der Waals surface area (Å²) in [6, 6.07) is 5.81. The number of rotatable bonds is 5. The van der Waals surface area contributed by atoms with Crippen LogP contribution in [0.4, 0.5) is 19.1 Å². The molecule has 0 saturated heterocycles. The van der Waals surface area contributed by atoms with Crippen LogP contribution in [0.5, 0.6) is 0 Å². The zero-order chi connectivity index (χ0) is 18.8. The van der Waals surface area contributed by atoms with Crippen LogP contribution in [0, 0.1) is 17.5 Å². The molecule has 1 aromatic carbocycles. The number of aromatic nitrogens is 4. The van der Waals surface area contributed by atoms with Crippen molar-refractivity contribution in [3.8, 4) is 0 Å². The molecule has 3 aromatic rings. The summed E-state index contributed by atoms with van der Waals surface area (Å²) >= 11 is 0. The van der Waals surface area contributed by atoms with Crippen molar-refractivity contribution >= 4 is 5.95 Å². The average Bonchev–Trinajstić information content (AvgIpc) is 3.07. The second-order valence-corrected chi connectivity index (χ2v) is 6.36. The van der Waals surface area contributed by atoms with Crippen molar-refractivity contribution < 1.29 is 13.2 Å². The van der Waals surface area contributed by atoms with E-state index < -0.39 is 17.5 Å². The largest absolute Gasteiger partial charge is 0.348 e. The molecule has 0 unspecified atom stereocenters. The van der Waals surface area contributed by atoms with Crippen molar-refractivity contribution in [3.05, 3.63) is 71.1 Å². The van der Waals surface area contributed by atoms with Gasteiger partial charge in [0.25, 0.3) is 0 Å². The van der Waals surface area contributed by atoms with Gasteiger partial charge in [-0.3, -0.25) is 9.58 Å². The Bertz CT molecular complexity index is 921. The highest BCUT2D eigenvalue weighted by atomic mass is 19.2. The zero-order valence-electron chi connectivity index (χ0n) is 14.4. The Morgan fingerprint density at radius 1 is 1.00 bits per heavy atom. The zero-order valence-corrected chi connectivity index (χ0v) is 14.4. The topological polar surface area (TPSA) is 58.9 Å². The molecular weight excluding hydrogens is 357 g/mol. The number of hydrogen-bond donors (Lipinski definition) is 1. The molecule has 0 amide bonds. The van der Waals surface area contributed by atoms with E-state index in [2.05, 4.69) is 20.4 Å². The number of hydrogen-bond acceptors (Lipinski definition) is 5. The second-order valence-electron chi connectivity index (χ2n) is 6.36. The monoisotopic (exact) mass is 374 g/mol. The summed E-state index contributed by atoms with van der Waals surface area (Å²) in [6.07, 6.45) is 3.32. The molecule has 0 saturated carbocycles. The molecule has 0 radical (unpaired) electrons. The van der Waals surface area contributed by atoms with Crippen LogP contribution in [0.3, 0.4) is 0 Å². The van der Waals surface area contributed by atoms with Gasteiger partial charge in [0, 0.05) is 32.0 Å². The van der Waals surface area contributed by atoms with Crippen LogP contribution in [0.1, 0.15) is 17.0 Å². The molecule has 1 N–H and O–H groups in total. The van der Waals surface area contributed by atoms with Gasteiger partial charge >= 0.3 is 0 Å². The molecule has 3 heterocycles. The minimum Gasteiger partial charge on any atom is -0.348 e. The Labute approximate surface area is 153 Å². The summed E-state index contributed by atoms with van der Waals surface area (Å²) in [7, 11) is 0. The van der Waals surface area contributed by atoms with Gasteiger partial charge in [-0.1, -0.05) is 0 Å². The van der Waals surface area contributed by atoms with E-state index in [0.29, 0.717) is 44.2 Å². The molecule has 6 nitrogen and oxygen atoms in total. The fraction of sp³-hybridized carbons (Fsp3) is 0.278. The Kier molecular flexibility index (Phi) is 4.76. The van der Waals surface area contributed by atoms with Gasteiger partial charge in [0.05, 0.1) is 24.5 Å². The third-order valence-electron chi connectivity index (χ3n) is 4.37. The van der Waals surface area contributed by atoms with Crippen LogP contribution in [0.15, 0.2) is 36.7 Å². The van der Waals surface area contributed by atoms with Gasteiger partial charge < -0.3 is 5.32 Å². The van der Waals surface area contributed by atoms with Gasteiger partial charge in [-0.25, -0.2) is 23.1 Å². The Morgan fingerprint density at radius 3 is 2.48 bits per heavy atom. The van der Waals surface area contributed by atoms with Gasteiger partial charge in [-0.2, -0.15) is 5.10 Å². The van der Waals surface area contributed by atoms with E-state index in [1.165, 1.54) is 0 Å². The summed E-state index contributed by atoms with van der Waals surface area (Å²) < 4.78 is 41.8. The maximum Gasteiger partial charge on any atom is 0.222 e. The predicted octanol–water partition coefficient (Wildman–Crippen LogP) is 2.72. The standard InChI is InChI=1S/C18H17F3N6/c19-15-6-12(7-16(20)17(15)21)10-26-4-5-27-14(11-26)8-13(25-27)9-24-18-22-2-1-3-23-18/h1-3,6-8H,4-5,9-11H2,(H,22,23,24). The number of nitrogens with zero attached hydrogens (tertiary/aromatic N) is 5. The third kappa shape index (κ3) is 3.92. The van der Waals surface area contributed by atoms with E-state index in [4.69, 9.17) is 0 Å². The molecule has 1 aliphatic heterocycles. The third-order valence-corrected chi connectivity index (χ3v) is 4.37. The molecule has 2 aromatic heterocycles. The van der Waals surface area contributed by atoms with E-state index in [9.17, 15) is 13.2 Å². The first-order valence-electron chi connectivity index (χ1n) is 8.51. The Hall–Kier alpha value is -2.94. The maximum absolute atomic E-state index is 13.4. The summed E-state index contributed by atoms with van der Waals surface area (Å²) in [5, 5.41) is 7.66. The molecule has 140 valence electrons. The van der Waals surface area contributed by atoms with Gasteiger partial charge in [0.15, 0.2) is 17.5 Å². The van der Waals surface area contributed by atoms with Crippen molar-refractivity contribution in [3.63, 3.8) is 0 Å². The molecular formula is C18H17F3N6. The van der Waals surface area contributed by atoms with E-state index in [0.717, 1.165) is 23.5 Å². The average molecular weight is 374 g/mol. The highest BCUT2D eigenvalue weighted by Crippen LogP contribution is 2.19. The van der Waals surface area contributed by atoms with Crippen molar-refractivity contribution in [2.75, 3.05) is 11.9 Å². The fourth-order valence-corrected chi connectivity index (χ4v) is 3.12. The SMILES string of the molecule is Fc1cc(CN2CCn3nc(CNc4ncccn4)cc3C2)cc(F)c1F. The first-order valence-corrected chi connectivity index (χ1v) is 8.51. The van der Waals surface area contributed by atoms with Crippen LogP contribution in [-0.2, 0) is 26.2 Å². The van der Waals surface area contributed by atoms with Crippen LogP contribution in [-0.4, -0.2) is 31.2 Å². The number of fused-ring (bicyclic) bond motifs is 1. The van der Waals surface area contributed by atoms with E-state index in [-0.39, 0.29) is 0 Å². The van der Waals surface area contributed by atoms with Crippen molar-refractivity contribution in [1.82, 2.24) is 24.6 Å². The maximum atomic E-state index is 13.4. The summed E-state index contributed by atoms with van der Waals surface area (Å²) in [6.45, 7) is 2.78. The molecule has 0 aliphatic carbocycles. The van der Waals surface area contributed by atoms with Gasteiger partial charge in [0.1, 0.15) is 0 Å².